The highest BCUT2D eigenvalue weighted by molar-refractivity contribution is 5.78. The third-order valence-corrected chi connectivity index (χ3v) is 4.82. The Morgan fingerprint density at radius 2 is 1.89 bits per heavy atom. The molecule has 27 heavy (non-hydrogen) atoms. The fourth-order valence-electron chi connectivity index (χ4n) is 3.29. The Morgan fingerprint density at radius 3 is 2.67 bits per heavy atom. The number of benzene rings is 1. The number of rotatable bonds is 4. The van der Waals surface area contributed by atoms with Crippen molar-refractivity contribution in [2.75, 3.05) is 0 Å². The van der Waals surface area contributed by atoms with E-state index in [9.17, 15) is 5.11 Å². The van der Waals surface area contributed by atoms with Crippen molar-refractivity contribution >= 4 is 16.8 Å². The van der Waals surface area contributed by atoms with E-state index in [1.807, 2.05) is 37.3 Å². The van der Waals surface area contributed by atoms with Crippen LogP contribution < -0.4 is 0 Å². The fourth-order valence-corrected chi connectivity index (χ4v) is 3.29. The van der Waals surface area contributed by atoms with E-state index < -0.39 is 5.60 Å². The number of hydrogen-bond donors (Lipinski definition) is 1. The fraction of sp³-hybridized carbons (Fsp3) is 0.333. The van der Waals surface area contributed by atoms with Crippen LogP contribution in [-0.4, -0.2) is 35.3 Å². The lowest BCUT2D eigenvalue weighted by atomic mass is 9.96. The number of pyridine rings is 1. The van der Waals surface area contributed by atoms with Gasteiger partial charge in [0.15, 0.2) is 17.1 Å². The predicted molar refractivity (Wildman–Crippen MR) is 106 cm³/mol. The third-order valence-electron chi connectivity index (χ3n) is 4.82. The molecule has 3 heterocycles. The van der Waals surface area contributed by atoms with Crippen LogP contribution in [0, 0.1) is 13.8 Å². The molecule has 4 aromatic rings. The van der Waals surface area contributed by atoms with Crippen molar-refractivity contribution in [3.05, 3.63) is 53.3 Å². The number of aromatic nitrogens is 5. The Balaban J connectivity index is 1.90. The second-order valence-electron chi connectivity index (χ2n) is 7.69. The Morgan fingerprint density at radius 1 is 1.07 bits per heavy atom. The second kappa shape index (κ2) is 6.39. The maximum atomic E-state index is 10.0. The molecule has 0 aliphatic rings. The molecule has 6 nitrogen and oxygen atoms in total. The number of fused-ring (bicyclic) bond motifs is 3. The minimum Gasteiger partial charge on any atom is -0.390 e. The Bertz CT molecular complexity index is 1140. The van der Waals surface area contributed by atoms with E-state index in [1.54, 1.807) is 6.20 Å². The molecule has 0 saturated heterocycles. The van der Waals surface area contributed by atoms with Crippen LogP contribution in [0.15, 0.2) is 36.5 Å². The van der Waals surface area contributed by atoms with Gasteiger partial charge >= 0.3 is 0 Å². The van der Waals surface area contributed by atoms with Gasteiger partial charge in [0.25, 0.3) is 0 Å². The minimum atomic E-state index is -0.685. The van der Waals surface area contributed by atoms with Crippen LogP contribution in [0.4, 0.5) is 0 Å². The average molecular weight is 361 g/mol. The van der Waals surface area contributed by atoms with Crippen LogP contribution in [-0.2, 0) is 6.42 Å². The average Bonchev–Trinajstić information content (AvgIpc) is 3.06. The van der Waals surface area contributed by atoms with Gasteiger partial charge in [-0.2, -0.15) is 0 Å². The van der Waals surface area contributed by atoms with Gasteiger partial charge in [-0.25, -0.2) is 9.97 Å². The summed E-state index contributed by atoms with van der Waals surface area (Å²) in [4.78, 5) is 9.11. The monoisotopic (exact) mass is 361 g/mol. The highest BCUT2D eigenvalue weighted by Gasteiger charge is 2.18. The molecule has 4 rings (SSSR count). The van der Waals surface area contributed by atoms with Gasteiger partial charge in [-0.1, -0.05) is 12.1 Å². The van der Waals surface area contributed by atoms with Gasteiger partial charge in [0.05, 0.1) is 11.3 Å². The summed E-state index contributed by atoms with van der Waals surface area (Å²) in [6.07, 6.45) is 3.26. The van der Waals surface area contributed by atoms with Crippen LogP contribution in [0.5, 0.6) is 0 Å². The highest BCUT2D eigenvalue weighted by atomic mass is 16.3. The standard InChI is InChI=1S/C21H23N5O/c1-13-7-8-15(9-10-21(3,4)27)12-16(13)19-25-24-18-14(2)23-17-6-5-11-22-20(17)26(18)19/h5-8,11-12,27H,9-10H2,1-4H3. The molecule has 0 radical (unpaired) electrons. The number of hydrogen-bond acceptors (Lipinski definition) is 5. The predicted octanol–water partition coefficient (Wildman–Crippen LogP) is 3.66. The highest BCUT2D eigenvalue weighted by Crippen LogP contribution is 2.27. The Hall–Kier alpha value is -2.86. The molecule has 0 aliphatic heterocycles. The molecule has 1 N–H and O–H groups in total. The van der Waals surface area contributed by atoms with Crippen LogP contribution in [0.3, 0.4) is 0 Å². The summed E-state index contributed by atoms with van der Waals surface area (Å²) in [6.45, 7) is 7.68. The van der Waals surface area contributed by atoms with Crippen molar-refractivity contribution in [3.8, 4) is 11.4 Å². The van der Waals surface area contributed by atoms with E-state index in [4.69, 9.17) is 0 Å². The number of nitrogens with zero attached hydrogens (tertiary/aromatic N) is 5. The summed E-state index contributed by atoms with van der Waals surface area (Å²) in [6, 6.07) is 10.2. The molecule has 0 bridgehead atoms. The zero-order valence-corrected chi connectivity index (χ0v) is 16.1. The molecule has 138 valence electrons. The molecule has 0 aliphatic carbocycles. The van der Waals surface area contributed by atoms with Crippen molar-refractivity contribution in [1.29, 1.82) is 0 Å². The minimum absolute atomic E-state index is 0.685. The second-order valence-corrected chi connectivity index (χ2v) is 7.69. The van der Waals surface area contributed by atoms with Crippen molar-refractivity contribution in [2.24, 2.45) is 0 Å². The van der Waals surface area contributed by atoms with Gasteiger partial charge in [0, 0.05) is 11.8 Å². The molecular weight excluding hydrogens is 338 g/mol. The summed E-state index contributed by atoms with van der Waals surface area (Å²) < 4.78 is 1.99. The molecule has 6 heteroatoms. The maximum Gasteiger partial charge on any atom is 0.184 e. The van der Waals surface area contributed by atoms with Gasteiger partial charge in [0.2, 0.25) is 0 Å². The first-order valence-corrected chi connectivity index (χ1v) is 9.12. The SMILES string of the molecule is Cc1ccc(CCC(C)(C)O)cc1-c1nnc2c(C)nc3cccnc3n12. The lowest BCUT2D eigenvalue weighted by Crippen LogP contribution is -2.19. The smallest absolute Gasteiger partial charge is 0.184 e. The van der Waals surface area contributed by atoms with Crippen LogP contribution in [0.1, 0.15) is 37.1 Å². The van der Waals surface area contributed by atoms with Crippen molar-refractivity contribution < 1.29 is 5.11 Å². The molecule has 3 aromatic heterocycles. The molecule has 0 saturated carbocycles. The van der Waals surface area contributed by atoms with E-state index in [-0.39, 0.29) is 0 Å². The molecule has 0 fully saturated rings. The van der Waals surface area contributed by atoms with Gasteiger partial charge in [-0.05, 0) is 69.9 Å². The Labute approximate surface area is 157 Å². The maximum absolute atomic E-state index is 10.0. The van der Waals surface area contributed by atoms with Crippen molar-refractivity contribution in [3.63, 3.8) is 0 Å². The molecule has 1 aromatic carbocycles. The first-order valence-electron chi connectivity index (χ1n) is 9.12. The molecule has 0 spiro atoms. The van der Waals surface area contributed by atoms with Crippen LogP contribution in [0.2, 0.25) is 0 Å². The van der Waals surface area contributed by atoms with Gasteiger partial charge in [-0.15, -0.1) is 10.2 Å². The quantitative estimate of drug-likeness (QED) is 0.600. The van der Waals surface area contributed by atoms with E-state index in [1.165, 1.54) is 0 Å². The van der Waals surface area contributed by atoms with Crippen molar-refractivity contribution in [1.82, 2.24) is 24.6 Å². The van der Waals surface area contributed by atoms with E-state index in [2.05, 4.69) is 45.3 Å². The summed E-state index contributed by atoms with van der Waals surface area (Å²) in [5, 5.41) is 18.9. The Kier molecular flexibility index (Phi) is 4.15. The topological polar surface area (TPSA) is 76.2 Å². The summed E-state index contributed by atoms with van der Waals surface area (Å²) in [7, 11) is 0. The molecular formula is C21H23N5O. The first-order chi connectivity index (χ1) is 12.8. The van der Waals surface area contributed by atoms with Gasteiger partial charge in [-0.3, -0.25) is 4.40 Å². The first kappa shape index (κ1) is 17.5. The third kappa shape index (κ3) is 3.28. The largest absolute Gasteiger partial charge is 0.390 e. The normalized spacial score (nSPS) is 12.2. The van der Waals surface area contributed by atoms with E-state index in [0.717, 1.165) is 51.4 Å². The lowest BCUT2D eigenvalue weighted by molar-refractivity contribution is 0.0714. The summed E-state index contributed by atoms with van der Waals surface area (Å²) in [5.41, 5.74) is 5.73. The number of aliphatic hydroxyl groups is 1. The van der Waals surface area contributed by atoms with Gasteiger partial charge < -0.3 is 5.11 Å². The molecule has 0 unspecified atom stereocenters. The number of aryl methyl sites for hydroxylation is 3. The van der Waals surface area contributed by atoms with Gasteiger partial charge in [0.1, 0.15) is 5.52 Å². The van der Waals surface area contributed by atoms with E-state index in [0.29, 0.717) is 6.42 Å². The van der Waals surface area contributed by atoms with Crippen LogP contribution >= 0.6 is 0 Å². The molecule has 0 atom stereocenters. The summed E-state index contributed by atoms with van der Waals surface area (Å²) in [5.74, 6) is 0.766. The summed E-state index contributed by atoms with van der Waals surface area (Å²) >= 11 is 0. The zero-order valence-electron chi connectivity index (χ0n) is 16.1. The van der Waals surface area contributed by atoms with E-state index >= 15 is 0 Å². The lowest BCUT2D eigenvalue weighted by Gasteiger charge is -2.17. The van der Waals surface area contributed by atoms with Crippen LogP contribution in [0.25, 0.3) is 28.2 Å². The zero-order chi connectivity index (χ0) is 19.2. The van der Waals surface area contributed by atoms with Crippen molar-refractivity contribution in [2.45, 2.75) is 46.1 Å². The molecule has 0 amide bonds.